The molecular formula is C9H13NO. The van der Waals surface area contributed by atoms with Crippen molar-refractivity contribution in [2.24, 2.45) is 5.73 Å². The molecule has 2 atom stereocenters. The van der Waals surface area contributed by atoms with Gasteiger partial charge in [0.2, 0.25) is 0 Å². The molecule has 60 valence electrons. The number of aliphatic hydroxyl groups is 1. The molecule has 0 saturated heterocycles. The molecule has 0 aliphatic rings. The maximum atomic E-state index is 9.64. The fourth-order valence-corrected chi connectivity index (χ4v) is 0.858. The van der Waals surface area contributed by atoms with Gasteiger partial charge in [-0.05, 0) is 12.4 Å². The Morgan fingerprint density at radius 3 is 2.64 bits per heavy atom. The molecule has 0 aliphatic heterocycles. The van der Waals surface area contributed by atoms with Crippen LogP contribution < -0.4 is 5.73 Å². The van der Waals surface area contributed by atoms with Crippen LogP contribution in [0.1, 0.15) is 22.6 Å². The molecule has 0 aromatic heterocycles. The molecule has 0 bridgehead atoms. The molecule has 0 unspecified atom stereocenters. The minimum atomic E-state index is -2.34. The Bertz CT molecular complexity index is 286. The standard InChI is InChI=1S/C9H13NO/c1-7(10)9(11)8-5-3-2-4-6-8/h2-7,9,11H,10H2,1H3/t7-,9-/m0/s1/i1D3. The van der Waals surface area contributed by atoms with E-state index < -0.39 is 19.0 Å². The van der Waals surface area contributed by atoms with Gasteiger partial charge in [-0.1, -0.05) is 30.3 Å². The summed E-state index contributed by atoms with van der Waals surface area (Å²) in [5, 5.41) is 9.64. The highest BCUT2D eigenvalue weighted by atomic mass is 16.3. The summed E-state index contributed by atoms with van der Waals surface area (Å²) in [7, 11) is 0. The molecular weight excluding hydrogens is 138 g/mol. The molecule has 1 aromatic carbocycles. The molecule has 0 heterocycles. The number of benzene rings is 1. The van der Waals surface area contributed by atoms with Crippen LogP contribution in [0.25, 0.3) is 0 Å². The molecule has 0 radical (unpaired) electrons. The largest absolute Gasteiger partial charge is 0.387 e. The number of rotatable bonds is 2. The minimum Gasteiger partial charge on any atom is -0.387 e. The third-order valence-corrected chi connectivity index (χ3v) is 1.48. The van der Waals surface area contributed by atoms with Gasteiger partial charge in [0, 0.05) is 10.2 Å². The lowest BCUT2D eigenvalue weighted by atomic mass is 10.0. The number of aliphatic hydroxyl groups excluding tert-OH is 1. The Kier molecular flexibility index (Phi) is 1.56. The van der Waals surface area contributed by atoms with Gasteiger partial charge in [-0.2, -0.15) is 0 Å². The summed E-state index contributed by atoms with van der Waals surface area (Å²) in [6.07, 6.45) is -1.15. The summed E-state index contributed by atoms with van der Waals surface area (Å²) in [5.41, 5.74) is 5.94. The summed E-state index contributed by atoms with van der Waals surface area (Å²) < 4.78 is 21.2. The van der Waals surface area contributed by atoms with Crippen molar-refractivity contribution in [1.29, 1.82) is 0 Å². The van der Waals surface area contributed by atoms with Gasteiger partial charge < -0.3 is 10.8 Å². The minimum absolute atomic E-state index is 0.524. The maximum absolute atomic E-state index is 9.64. The van der Waals surface area contributed by atoms with E-state index in [4.69, 9.17) is 9.85 Å². The van der Waals surface area contributed by atoms with E-state index in [-0.39, 0.29) is 0 Å². The van der Waals surface area contributed by atoms with E-state index in [2.05, 4.69) is 0 Å². The first kappa shape index (κ1) is 4.91. The lowest BCUT2D eigenvalue weighted by molar-refractivity contribution is 0.153. The number of nitrogens with two attached hydrogens (primary N) is 1. The monoisotopic (exact) mass is 154 g/mol. The van der Waals surface area contributed by atoms with Gasteiger partial charge in [0.15, 0.2) is 0 Å². The Labute approximate surface area is 70.9 Å². The highest BCUT2D eigenvalue weighted by molar-refractivity contribution is 5.18. The van der Waals surface area contributed by atoms with Gasteiger partial charge in [0.05, 0.1) is 6.10 Å². The normalized spacial score (nSPS) is 21.1. The molecule has 0 saturated carbocycles. The lowest BCUT2D eigenvalue weighted by Gasteiger charge is -2.13. The van der Waals surface area contributed by atoms with Crippen molar-refractivity contribution in [3.8, 4) is 0 Å². The fourth-order valence-electron chi connectivity index (χ4n) is 0.858. The zero-order valence-electron chi connectivity index (χ0n) is 9.07. The number of hydrogen-bond acceptors (Lipinski definition) is 2. The van der Waals surface area contributed by atoms with E-state index in [0.29, 0.717) is 5.56 Å². The summed E-state index contributed by atoms with van der Waals surface area (Å²) in [6.45, 7) is -2.34. The average Bonchev–Trinajstić information content (AvgIpc) is 2.15. The van der Waals surface area contributed by atoms with Crippen LogP contribution in [0.3, 0.4) is 0 Å². The van der Waals surface area contributed by atoms with Crippen molar-refractivity contribution >= 4 is 0 Å². The first-order valence-corrected chi connectivity index (χ1v) is 3.41. The van der Waals surface area contributed by atoms with Crippen LogP contribution in [0.2, 0.25) is 0 Å². The van der Waals surface area contributed by atoms with Crippen LogP contribution in [0.15, 0.2) is 30.3 Å². The summed E-state index contributed by atoms with van der Waals surface area (Å²) in [6, 6.07) is 7.30. The van der Waals surface area contributed by atoms with Crippen LogP contribution in [-0.2, 0) is 0 Å². The lowest BCUT2D eigenvalue weighted by Crippen LogP contribution is -2.24. The van der Waals surface area contributed by atoms with Crippen LogP contribution in [-0.4, -0.2) is 11.1 Å². The maximum Gasteiger partial charge on any atom is 0.0938 e. The van der Waals surface area contributed by atoms with E-state index in [1.165, 1.54) is 0 Å². The summed E-state index contributed by atoms with van der Waals surface area (Å²) in [5.74, 6) is 0. The third-order valence-electron chi connectivity index (χ3n) is 1.48. The van der Waals surface area contributed by atoms with E-state index in [1.54, 1.807) is 30.3 Å². The zero-order chi connectivity index (χ0) is 10.8. The van der Waals surface area contributed by atoms with Crippen molar-refractivity contribution in [2.45, 2.75) is 19.0 Å². The molecule has 3 N–H and O–H groups in total. The SMILES string of the molecule is [2H]C([2H])([2H])[C@H](N)[C@H](O)c1ccccc1. The zero-order valence-corrected chi connectivity index (χ0v) is 6.07. The first-order chi connectivity index (χ1) is 6.43. The van der Waals surface area contributed by atoms with Crippen molar-refractivity contribution in [1.82, 2.24) is 0 Å². The van der Waals surface area contributed by atoms with E-state index >= 15 is 0 Å². The Morgan fingerprint density at radius 1 is 1.45 bits per heavy atom. The highest BCUT2D eigenvalue weighted by Gasteiger charge is 2.10. The summed E-state index contributed by atoms with van der Waals surface area (Å²) in [4.78, 5) is 0. The van der Waals surface area contributed by atoms with Gasteiger partial charge in [0.25, 0.3) is 0 Å². The average molecular weight is 154 g/mol. The van der Waals surface area contributed by atoms with Crippen molar-refractivity contribution in [3.05, 3.63) is 35.9 Å². The Balaban J connectivity index is 2.81. The predicted molar refractivity (Wildman–Crippen MR) is 45.1 cm³/mol. The fraction of sp³-hybridized carbons (Fsp3) is 0.333. The van der Waals surface area contributed by atoms with Gasteiger partial charge >= 0.3 is 0 Å². The van der Waals surface area contributed by atoms with Crippen molar-refractivity contribution in [3.63, 3.8) is 0 Å². The Morgan fingerprint density at radius 2 is 2.09 bits per heavy atom. The second-order valence-corrected chi connectivity index (χ2v) is 2.38. The molecule has 0 amide bonds. The first-order valence-electron chi connectivity index (χ1n) is 4.91. The molecule has 0 spiro atoms. The van der Waals surface area contributed by atoms with Gasteiger partial charge in [-0.3, -0.25) is 0 Å². The predicted octanol–water partition coefficient (Wildman–Crippen LogP) is 1.07. The molecule has 1 aromatic rings. The van der Waals surface area contributed by atoms with Crippen LogP contribution in [0, 0.1) is 0 Å². The molecule has 0 aliphatic carbocycles. The van der Waals surface area contributed by atoms with Crippen LogP contribution in [0.4, 0.5) is 0 Å². The molecule has 0 fully saturated rings. The quantitative estimate of drug-likeness (QED) is 0.669. The number of hydrogen-bond donors (Lipinski definition) is 2. The van der Waals surface area contributed by atoms with Gasteiger partial charge in [0.1, 0.15) is 0 Å². The smallest absolute Gasteiger partial charge is 0.0938 e. The second-order valence-electron chi connectivity index (χ2n) is 2.38. The van der Waals surface area contributed by atoms with Crippen molar-refractivity contribution < 1.29 is 9.22 Å². The molecule has 11 heavy (non-hydrogen) atoms. The topological polar surface area (TPSA) is 46.2 Å². The summed E-state index contributed by atoms with van der Waals surface area (Å²) >= 11 is 0. The van der Waals surface area contributed by atoms with Gasteiger partial charge in [-0.25, -0.2) is 0 Å². The third kappa shape index (κ3) is 2.03. The highest BCUT2D eigenvalue weighted by Crippen LogP contribution is 2.13. The molecule has 2 nitrogen and oxygen atoms in total. The second kappa shape index (κ2) is 3.51. The Hall–Kier alpha value is -0.860. The van der Waals surface area contributed by atoms with E-state index in [1.807, 2.05) is 0 Å². The van der Waals surface area contributed by atoms with Gasteiger partial charge in [-0.15, -0.1) is 0 Å². The molecule has 2 heteroatoms. The van der Waals surface area contributed by atoms with E-state index in [9.17, 15) is 5.11 Å². The van der Waals surface area contributed by atoms with Crippen molar-refractivity contribution in [2.75, 3.05) is 0 Å². The molecule has 1 rings (SSSR count). The van der Waals surface area contributed by atoms with E-state index in [0.717, 1.165) is 0 Å². The van der Waals surface area contributed by atoms with Crippen LogP contribution >= 0.6 is 0 Å². The van der Waals surface area contributed by atoms with Crippen LogP contribution in [0.5, 0.6) is 0 Å².